The van der Waals surface area contributed by atoms with Crippen molar-refractivity contribution in [3.63, 3.8) is 0 Å². The Labute approximate surface area is 114 Å². The first-order chi connectivity index (χ1) is 9.28. The largest absolute Gasteiger partial charge is 0.490 e. The van der Waals surface area contributed by atoms with Crippen molar-refractivity contribution in [3.8, 4) is 11.5 Å². The van der Waals surface area contributed by atoms with Crippen LogP contribution in [-0.2, 0) is 6.42 Å². The van der Waals surface area contributed by atoms with E-state index in [2.05, 4.69) is 19.1 Å². The second-order valence-electron chi connectivity index (χ2n) is 4.27. The summed E-state index contributed by atoms with van der Waals surface area (Å²) in [5.41, 5.74) is 7.65. The molecule has 2 aromatic carbocycles. The highest BCUT2D eigenvalue weighted by Crippen LogP contribution is 2.15. The van der Waals surface area contributed by atoms with Crippen LogP contribution in [0.4, 0.5) is 5.69 Å². The molecule has 0 unspecified atom stereocenters. The molecule has 2 rings (SSSR count). The molecular formula is C16H19NO2. The van der Waals surface area contributed by atoms with Crippen molar-refractivity contribution in [2.75, 3.05) is 18.9 Å². The topological polar surface area (TPSA) is 44.5 Å². The molecule has 19 heavy (non-hydrogen) atoms. The van der Waals surface area contributed by atoms with E-state index in [4.69, 9.17) is 15.2 Å². The number of aryl methyl sites for hydroxylation is 1. The van der Waals surface area contributed by atoms with Gasteiger partial charge in [-0.2, -0.15) is 0 Å². The fourth-order valence-corrected chi connectivity index (χ4v) is 1.78. The van der Waals surface area contributed by atoms with E-state index in [9.17, 15) is 0 Å². The lowest BCUT2D eigenvalue weighted by molar-refractivity contribution is 0.217. The summed E-state index contributed by atoms with van der Waals surface area (Å²) in [6.07, 6.45) is 1.01. The van der Waals surface area contributed by atoms with Crippen LogP contribution in [0.2, 0.25) is 0 Å². The van der Waals surface area contributed by atoms with Gasteiger partial charge in [0.1, 0.15) is 24.7 Å². The van der Waals surface area contributed by atoms with Crippen LogP contribution in [0.5, 0.6) is 11.5 Å². The molecule has 0 saturated heterocycles. The summed E-state index contributed by atoms with van der Waals surface area (Å²) in [6.45, 7) is 3.14. The molecule has 3 heteroatoms. The van der Waals surface area contributed by atoms with E-state index in [1.165, 1.54) is 5.56 Å². The minimum Gasteiger partial charge on any atom is -0.490 e. The smallest absolute Gasteiger partial charge is 0.122 e. The second kappa shape index (κ2) is 6.69. The molecule has 0 aliphatic rings. The van der Waals surface area contributed by atoms with Crippen LogP contribution in [0.15, 0.2) is 48.5 Å². The van der Waals surface area contributed by atoms with Crippen LogP contribution in [0.3, 0.4) is 0 Å². The molecule has 0 atom stereocenters. The highest BCUT2D eigenvalue weighted by atomic mass is 16.5. The predicted molar refractivity (Wildman–Crippen MR) is 77.7 cm³/mol. The van der Waals surface area contributed by atoms with Gasteiger partial charge in [0.15, 0.2) is 0 Å². The first-order valence-electron chi connectivity index (χ1n) is 6.48. The Balaban J connectivity index is 1.77. The third-order valence-electron chi connectivity index (χ3n) is 2.79. The van der Waals surface area contributed by atoms with Crippen molar-refractivity contribution >= 4 is 5.69 Å². The van der Waals surface area contributed by atoms with Gasteiger partial charge in [-0.05, 0) is 36.2 Å². The zero-order valence-electron chi connectivity index (χ0n) is 11.1. The molecule has 0 aromatic heterocycles. The fraction of sp³-hybridized carbons (Fsp3) is 0.250. The molecule has 0 radical (unpaired) electrons. The number of hydrogen-bond acceptors (Lipinski definition) is 3. The molecule has 100 valence electrons. The van der Waals surface area contributed by atoms with Crippen molar-refractivity contribution in [1.82, 2.24) is 0 Å². The van der Waals surface area contributed by atoms with Crippen molar-refractivity contribution in [2.24, 2.45) is 0 Å². The van der Waals surface area contributed by atoms with Gasteiger partial charge in [0, 0.05) is 11.8 Å². The lowest BCUT2D eigenvalue weighted by atomic mass is 10.2. The summed E-state index contributed by atoms with van der Waals surface area (Å²) >= 11 is 0. The number of nitrogen functional groups attached to an aromatic ring is 1. The van der Waals surface area contributed by atoms with Crippen LogP contribution in [0.1, 0.15) is 12.5 Å². The van der Waals surface area contributed by atoms with Gasteiger partial charge in [-0.3, -0.25) is 0 Å². The fourth-order valence-electron chi connectivity index (χ4n) is 1.78. The van der Waals surface area contributed by atoms with Crippen molar-refractivity contribution < 1.29 is 9.47 Å². The van der Waals surface area contributed by atoms with Gasteiger partial charge in [0.2, 0.25) is 0 Å². The van der Waals surface area contributed by atoms with E-state index in [1.807, 2.05) is 30.3 Å². The Hall–Kier alpha value is -2.16. The molecule has 2 N–H and O–H groups in total. The van der Waals surface area contributed by atoms with Crippen LogP contribution < -0.4 is 15.2 Å². The van der Waals surface area contributed by atoms with E-state index in [1.54, 1.807) is 6.07 Å². The van der Waals surface area contributed by atoms with Crippen LogP contribution in [-0.4, -0.2) is 13.2 Å². The third-order valence-corrected chi connectivity index (χ3v) is 2.79. The number of rotatable bonds is 6. The minimum atomic E-state index is 0.500. The second-order valence-corrected chi connectivity index (χ2v) is 4.27. The van der Waals surface area contributed by atoms with Gasteiger partial charge in [-0.15, -0.1) is 0 Å². The summed E-state index contributed by atoms with van der Waals surface area (Å²) in [6, 6.07) is 15.5. The molecule has 0 amide bonds. The Morgan fingerprint density at radius 3 is 2.16 bits per heavy atom. The van der Waals surface area contributed by atoms with Crippen LogP contribution in [0, 0.1) is 0 Å². The van der Waals surface area contributed by atoms with E-state index < -0.39 is 0 Å². The Kier molecular flexibility index (Phi) is 4.67. The summed E-state index contributed by atoms with van der Waals surface area (Å²) in [4.78, 5) is 0. The quantitative estimate of drug-likeness (QED) is 0.638. The first kappa shape index (κ1) is 13.3. The summed E-state index contributed by atoms with van der Waals surface area (Å²) in [5.74, 6) is 1.65. The summed E-state index contributed by atoms with van der Waals surface area (Å²) in [5, 5.41) is 0. The van der Waals surface area contributed by atoms with Crippen molar-refractivity contribution in [3.05, 3.63) is 54.1 Å². The predicted octanol–water partition coefficient (Wildman–Crippen LogP) is 3.29. The number of nitrogens with two attached hydrogens (primary N) is 1. The maximum Gasteiger partial charge on any atom is 0.122 e. The Morgan fingerprint density at radius 1 is 0.895 bits per heavy atom. The standard InChI is InChI=1S/C16H19NO2/c1-2-13-5-3-7-15(11-13)18-9-10-19-16-8-4-6-14(17)12-16/h3-8,11-12H,2,9-10,17H2,1H3. The molecule has 2 aromatic rings. The first-order valence-corrected chi connectivity index (χ1v) is 6.48. The SMILES string of the molecule is CCc1cccc(OCCOc2cccc(N)c2)c1. The molecule has 3 nitrogen and oxygen atoms in total. The molecule has 0 heterocycles. The monoisotopic (exact) mass is 257 g/mol. The average molecular weight is 257 g/mol. The Morgan fingerprint density at radius 2 is 1.53 bits per heavy atom. The Bertz CT molecular complexity index is 526. The normalized spacial score (nSPS) is 10.2. The molecule has 0 saturated carbocycles. The summed E-state index contributed by atoms with van der Waals surface area (Å²) in [7, 11) is 0. The molecule has 0 aliphatic heterocycles. The van der Waals surface area contributed by atoms with E-state index in [0.29, 0.717) is 18.9 Å². The zero-order chi connectivity index (χ0) is 13.5. The lowest BCUT2D eigenvalue weighted by Gasteiger charge is -2.09. The highest BCUT2D eigenvalue weighted by Gasteiger charge is 1.97. The maximum atomic E-state index is 5.67. The van der Waals surface area contributed by atoms with Crippen LogP contribution in [0.25, 0.3) is 0 Å². The van der Waals surface area contributed by atoms with E-state index in [0.717, 1.165) is 17.9 Å². The summed E-state index contributed by atoms with van der Waals surface area (Å²) < 4.78 is 11.2. The van der Waals surface area contributed by atoms with Gasteiger partial charge in [-0.1, -0.05) is 25.1 Å². The molecule has 0 bridgehead atoms. The molecule has 0 spiro atoms. The van der Waals surface area contributed by atoms with Gasteiger partial charge in [-0.25, -0.2) is 0 Å². The zero-order valence-corrected chi connectivity index (χ0v) is 11.1. The van der Waals surface area contributed by atoms with E-state index in [-0.39, 0.29) is 0 Å². The minimum absolute atomic E-state index is 0.500. The van der Waals surface area contributed by atoms with Gasteiger partial charge in [0.25, 0.3) is 0 Å². The maximum absolute atomic E-state index is 5.67. The number of anilines is 1. The highest BCUT2D eigenvalue weighted by molar-refractivity contribution is 5.43. The molecular weight excluding hydrogens is 238 g/mol. The number of benzene rings is 2. The number of hydrogen-bond donors (Lipinski definition) is 1. The van der Waals surface area contributed by atoms with Gasteiger partial charge < -0.3 is 15.2 Å². The van der Waals surface area contributed by atoms with Gasteiger partial charge in [0.05, 0.1) is 0 Å². The average Bonchev–Trinajstić information content (AvgIpc) is 2.44. The van der Waals surface area contributed by atoms with E-state index >= 15 is 0 Å². The van der Waals surface area contributed by atoms with Crippen LogP contribution >= 0.6 is 0 Å². The third kappa shape index (κ3) is 4.21. The van der Waals surface area contributed by atoms with Crippen molar-refractivity contribution in [2.45, 2.75) is 13.3 Å². The number of ether oxygens (including phenoxy) is 2. The molecule has 0 aliphatic carbocycles. The van der Waals surface area contributed by atoms with Gasteiger partial charge >= 0.3 is 0 Å². The molecule has 0 fully saturated rings. The lowest BCUT2D eigenvalue weighted by Crippen LogP contribution is -2.09. The van der Waals surface area contributed by atoms with Crippen molar-refractivity contribution in [1.29, 1.82) is 0 Å².